The Morgan fingerprint density at radius 1 is 1.06 bits per heavy atom. The van der Waals surface area contributed by atoms with E-state index in [0.29, 0.717) is 41.8 Å². The molecular formula is C38H55ClN2O5Si. The van der Waals surface area contributed by atoms with E-state index in [1.54, 1.807) is 13.2 Å². The Bertz CT molecular complexity index is 1410. The minimum atomic E-state index is -1.95. The number of piperidine rings is 3. The van der Waals surface area contributed by atoms with Crippen molar-refractivity contribution >= 4 is 37.5 Å². The number of esters is 1. The lowest BCUT2D eigenvalue weighted by Crippen LogP contribution is -2.53. The molecule has 258 valence electrons. The van der Waals surface area contributed by atoms with E-state index < -0.39 is 13.7 Å². The molecule has 2 aromatic rings. The Kier molecular flexibility index (Phi) is 11.5. The van der Waals surface area contributed by atoms with Crippen molar-refractivity contribution in [3.63, 3.8) is 0 Å². The van der Waals surface area contributed by atoms with Crippen LogP contribution < -0.4 is 10.1 Å². The minimum Gasteiger partial charge on any atom is -0.496 e. The van der Waals surface area contributed by atoms with Gasteiger partial charge in [-0.2, -0.15) is 0 Å². The number of rotatable bonds is 12. The number of nitrogens with one attached hydrogen (secondary N) is 1. The van der Waals surface area contributed by atoms with Gasteiger partial charge in [-0.05, 0) is 92.9 Å². The Morgan fingerprint density at radius 2 is 1.79 bits per heavy atom. The third kappa shape index (κ3) is 8.43. The van der Waals surface area contributed by atoms with Gasteiger partial charge in [0.05, 0.1) is 29.8 Å². The summed E-state index contributed by atoms with van der Waals surface area (Å²) in [7, 11) is -0.333. The quantitative estimate of drug-likeness (QED) is 0.178. The highest BCUT2D eigenvalue weighted by molar-refractivity contribution is 6.74. The molecule has 0 unspecified atom stereocenters. The fourth-order valence-electron chi connectivity index (χ4n) is 7.22. The maximum absolute atomic E-state index is 13.9. The van der Waals surface area contributed by atoms with Crippen LogP contribution >= 0.6 is 11.6 Å². The van der Waals surface area contributed by atoms with Crippen molar-refractivity contribution in [1.82, 2.24) is 4.90 Å². The summed E-state index contributed by atoms with van der Waals surface area (Å²) in [5.74, 6) is 1.01. The van der Waals surface area contributed by atoms with Crippen molar-refractivity contribution < 1.29 is 23.5 Å². The molecule has 6 rings (SSSR count). The van der Waals surface area contributed by atoms with E-state index in [4.69, 9.17) is 25.5 Å². The SMILES string of the molecule is COc1cc(NC(=O)CCCc2cccc(C3(C(=O)O[C@H]4CN5CCC4CC5)CCCCC3)c2)c(Cl)cc1CO[Si](C)(C)C(C)(C)C. The predicted octanol–water partition coefficient (Wildman–Crippen LogP) is 8.67. The van der Waals surface area contributed by atoms with Gasteiger partial charge in [-0.25, -0.2) is 0 Å². The Morgan fingerprint density at radius 3 is 2.43 bits per heavy atom. The molecule has 3 heterocycles. The highest BCUT2D eigenvalue weighted by Crippen LogP contribution is 2.43. The van der Waals surface area contributed by atoms with Gasteiger partial charge < -0.3 is 19.2 Å². The number of ether oxygens (including phenoxy) is 2. The summed E-state index contributed by atoms with van der Waals surface area (Å²) in [6, 6.07) is 12.1. The Labute approximate surface area is 288 Å². The number of halogens is 1. The smallest absolute Gasteiger partial charge is 0.316 e. The Hall–Kier alpha value is -2.39. The molecule has 1 atom stereocenters. The van der Waals surface area contributed by atoms with Gasteiger partial charge in [-0.1, -0.05) is 75.9 Å². The molecule has 2 bridgehead atoms. The number of amides is 1. The molecule has 0 radical (unpaired) electrons. The second-order valence-electron chi connectivity index (χ2n) is 15.5. The highest BCUT2D eigenvalue weighted by atomic mass is 35.5. The van der Waals surface area contributed by atoms with E-state index >= 15 is 0 Å². The van der Waals surface area contributed by atoms with Crippen LogP contribution in [0, 0.1) is 5.92 Å². The molecule has 3 aliphatic heterocycles. The molecule has 4 aliphatic rings. The van der Waals surface area contributed by atoms with Crippen LogP contribution in [0.1, 0.15) is 95.2 Å². The Balaban J connectivity index is 1.18. The number of nitrogens with zero attached hydrogens (tertiary/aromatic N) is 1. The summed E-state index contributed by atoms with van der Waals surface area (Å²) in [6.45, 7) is 14.6. The van der Waals surface area contributed by atoms with Crippen LogP contribution in [-0.2, 0) is 37.2 Å². The molecule has 7 nitrogen and oxygen atoms in total. The van der Waals surface area contributed by atoms with E-state index in [-0.39, 0.29) is 23.0 Å². The second-order valence-corrected chi connectivity index (χ2v) is 20.7. The number of aryl methyl sites for hydroxylation is 1. The van der Waals surface area contributed by atoms with Crippen molar-refractivity contribution in [3.8, 4) is 5.75 Å². The molecule has 4 fully saturated rings. The largest absolute Gasteiger partial charge is 0.496 e. The van der Waals surface area contributed by atoms with Gasteiger partial charge in [0, 0.05) is 24.6 Å². The van der Waals surface area contributed by atoms with Crippen LogP contribution in [0.5, 0.6) is 5.75 Å². The molecule has 9 heteroatoms. The van der Waals surface area contributed by atoms with Crippen molar-refractivity contribution in [2.45, 2.75) is 121 Å². The molecule has 2 aromatic carbocycles. The maximum Gasteiger partial charge on any atom is 0.316 e. The van der Waals surface area contributed by atoms with E-state index in [1.165, 1.54) is 0 Å². The molecule has 1 amide bonds. The number of carbonyl (C=O) groups excluding carboxylic acids is 2. The first-order valence-electron chi connectivity index (χ1n) is 17.6. The first-order valence-corrected chi connectivity index (χ1v) is 20.9. The van der Waals surface area contributed by atoms with Crippen molar-refractivity contribution in [2.24, 2.45) is 5.92 Å². The normalized spacial score (nSPS) is 22.5. The van der Waals surface area contributed by atoms with Crippen molar-refractivity contribution in [2.75, 3.05) is 32.1 Å². The average Bonchev–Trinajstić information content (AvgIpc) is 3.05. The van der Waals surface area contributed by atoms with Crippen LogP contribution in [-0.4, -0.2) is 57.9 Å². The third-order valence-corrected chi connectivity index (χ3v) is 16.1. The maximum atomic E-state index is 13.9. The average molecular weight is 683 g/mol. The zero-order valence-corrected chi connectivity index (χ0v) is 31.1. The van der Waals surface area contributed by atoms with Gasteiger partial charge in [0.2, 0.25) is 5.91 Å². The van der Waals surface area contributed by atoms with E-state index in [9.17, 15) is 9.59 Å². The summed E-state index contributed by atoms with van der Waals surface area (Å²) >= 11 is 6.63. The second kappa shape index (κ2) is 15.0. The monoisotopic (exact) mass is 682 g/mol. The van der Waals surface area contributed by atoms with Gasteiger partial charge >= 0.3 is 5.97 Å². The molecule has 0 spiro atoms. The predicted molar refractivity (Wildman–Crippen MR) is 192 cm³/mol. The van der Waals surface area contributed by atoms with Gasteiger partial charge in [-0.3, -0.25) is 14.5 Å². The lowest BCUT2D eigenvalue weighted by Gasteiger charge is -2.45. The topological polar surface area (TPSA) is 77.1 Å². The number of benzene rings is 2. The number of hydrogen-bond donors (Lipinski definition) is 1. The minimum absolute atomic E-state index is 0.0192. The molecule has 1 N–H and O–H groups in total. The lowest BCUT2D eigenvalue weighted by molar-refractivity contribution is -0.167. The van der Waals surface area contributed by atoms with E-state index in [1.807, 2.05) is 6.07 Å². The van der Waals surface area contributed by atoms with Crippen molar-refractivity contribution in [1.29, 1.82) is 0 Å². The number of fused-ring (bicyclic) bond motifs is 3. The molecule has 47 heavy (non-hydrogen) atoms. The summed E-state index contributed by atoms with van der Waals surface area (Å²) in [4.78, 5) is 29.4. The van der Waals surface area contributed by atoms with Crippen LogP contribution in [0.25, 0.3) is 0 Å². The van der Waals surface area contributed by atoms with Gasteiger partial charge in [-0.15, -0.1) is 0 Å². The molecular weight excluding hydrogens is 628 g/mol. The lowest BCUT2D eigenvalue weighted by atomic mass is 9.69. The fraction of sp³-hybridized carbons (Fsp3) is 0.632. The summed E-state index contributed by atoms with van der Waals surface area (Å²) in [5.41, 5.74) is 3.04. The molecule has 1 aliphatic carbocycles. The van der Waals surface area contributed by atoms with Crippen LogP contribution in [0.3, 0.4) is 0 Å². The standard InChI is InChI=1S/C38H55ClN2O5Si/c1-37(2,3)47(5,6)45-26-29-23-31(39)32(24-33(29)44-4)40-35(42)15-11-13-27-12-10-14-30(22-27)38(18-8-7-9-19-38)36(43)46-34-25-41-20-16-28(34)17-21-41/h10,12,14,22-24,28,34H,7-9,11,13,15-21,25-26H2,1-6H3,(H,40,42)/t34-/m0/s1. The molecule has 1 saturated carbocycles. The molecule has 3 saturated heterocycles. The van der Waals surface area contributed by atoms with E-state index in [2.05, 4.69) is 68.3 Å². The van der Waals surface area contributed by atoms with Gasteiger partial charge in [0.25, 0.3) is 0 Å². The van der Waals surface area contributed by atoms with Gasteiger partial charge in [0.1, 0.15) is 11.9 Å². The van der Waals surface area contributed by atoms with Crippen LogP contribution in [0.4, 0.5) is 5.69 Å². The molecule has 0 aromatic heterocycles. The zero-order chi connectivity index (χ0) is 33.8. The summed E-state index contributed by atoms with van der Waals surface area (Å²) < 4.78 is 18.4. The van der Waals surface area contributed by atoms with Crippen LogP contribution in [0.2, 0.25) is 23.2 Å². The zero-order valence-electron chi connectivity index (χ0n) is 29.4. The van der Waals surface area contributed by atoms with E-state index in [0.717, 1.165) is 87.7 Å². The first kappa shape index (κ1) is 35.9. The summed E-state index contributed by atoms with van der Waals surface area (Å²) in [5, 5.41) is 3.54. The number of anilines is 1. The first-order chi connectivity index (χ1) is 22.3. The fourth-order valence-corrected chi connectivity index (χ4v) is 8.40. The highest BCUT2D eigenvalue weighted by Gasteiger charge is 2.46. The third-order valence-electron chi connectivity index (χ3n) is 11.3. The number of methoxy groups -OCH3 is 1. The number of carbonyl (C=O) groups is 2. The van der Waals surface area contributed by atoms with Crippen LogP contribution in [0.15, 0.2) is 36.4 Å². The van der Waals surface area contributed by atoms with Gasteiger partial charge in [0.15, 0.2) is 8.32 Å². The van der Waals surface area contributed by atoms with Crippen molar-refractivity contribution in [3.05, 3.63) is 58.1 Å². The number of hydrogen-bond acceptors (Lipinski definition) is 6. The summed E-state index contributed by atoms with van der Waals surface area (Å²) in [6.07, 6.45) is 8.97.